The quantitative estimate of drug-likeness (QED) is 0.791. The second-order valence-corrected chi connectivity index (χ2v) is 7.54. The molecule has 1 aromatic carbocycles. The first-order valence-corrected chi connectivity index (χ1v) is 7.97. The van der Waals surface area contributed by atoms with Crippen molar-refractivity contribution >= 4 is 57.8 Å². The van der Waals surface area contributed by atoms with Crippen molar-refractivity contribution in [1.29, 1.82) is 0 Å². The molecule has 0 bridgehead atoms. The van der Waals surface area contributed by atoms with Gasteiger partial charge in [-0.3, -0.25) is 0 Å². The fourth-order valence-electron chi connectivity index (χ4n) is 0.944. The van der Waals surface area contributed by atoms with E-state index in [-0.39, 0.29) is 11.4 Å². The molecule has 0 aliphatic carbocycles. The molecule has 0 saturated heterocycles. The zero-order valence-corrected chi connectivity index (χ0v) is 13.6. The van der Waals surface area contributed by atoms with Crippen LogP contribution in [0.25, 0.3) is 0 Å². The van der Waals surface area contributed by atoms with Crippen molar-refractivity contribution in [3.8, 4) is 0 Å². The molecule has 1 rings (SSSR count). The molecule has 0 atom stereocenters. The molecule has 1 N–H and O–H groups in total. The van der Waals surface area contributed by atoms with Crippen molar-refractivity contribution in [3.63, 3.8) is 0 Å². The largest absolute Gasteiger partial charge is 0.242 e. The molecule has 0 aromatic heterocycles. The van der Waals surface area contributed by atoms with Crippen LogP contribution >= 0.6 is 47.8 Å². The molecule has 7 heteroatoms. The van der Waals surface area contributed by atoms with Gasteiger partial charge in [-0.1, -0.05) is 38.4 Å². The van der Waals surface area contributed by atoms with Gasteiger partial charge >= 0.3 is 0 Å². The van der Waals surface area contributed by atoms with Crippen molar-refractivity contribution in [2.75, 3.05) is 6.54 Å². The lowest BCUT2D eigenvalue weighted by molar-refractivity contribution is 0.585. The third kappa shape index (κ3) is 3.96. The molecule has 88 valence electrons. The molecule has 16 heavy (non-hydrogen) atoms. The van der Waals surface area contributed by atoms with Crippen LogP contribution in [0, 0.1) is 0 Å². The summed E-state index contributed by atoms with van der Waals surface area (Å²) in [5.74, 6) is 0. The van der Waals surface area contributed by atoms with E-state index in [2.05, 4.69) is 59.1 Å². The molecule has 0 aliphatic heterocycles. The summed E-state index contributed by atoms with van der Waals surface area (Å²) in [4.78, 5) is 0.199. The van der Waals surface area contributed by atoms with Gasteiger partial charge in [-0.15, -0.1) is 0 Å². The molecular formula is C9H8Br3NO2S. The van der Waals surface area contributed by atoms with E-state index in [0.29, 0.717) is 8.96 Å². The highest BCUT2D eigenvalue weighted by Crippen LogP contribution is 2.25. The maximum Gasteiger partial charge on any atom is 0.242 e. The molecule has 0 amide bonds. The van der Waals surface area contributed by atoms with Crippen molar-refractivity contribution in [2.24, 2.45) is 0 Å². The van der Waals surface area contributed by atoms with Crippen LogP contribution in [0.15, 0.2) is 43.1 Å². The van der Waals surface area contributed by atoms with Crippen LogP contribution in [-0.4, -0.2) is 15.0 Å². The smallest absolute Gasteiger partial charge is 0.207 e. The zero-order chi connectivity index (χ0) is 12.3. The second kappa shape index (κ2) is 5.77. The summed E-state index contributed by atoms with van der Waals surface area (Å²) < 4.78 is 28.0. The van der Waals surface area contributed by atoms with Crippen molar-refractivity contribution < 1.29 is 8.42 Å². The molecular weight excluding hydrogens is 426 g/mol. The zero-order valence-electron chi connectivity index (χ0n) is 8.00. The summed E-state index contributed by atoms with van der Waals surface area (Å²) in [6.45, 7) is 3.72. The van der Waals surface area contributed by atoms with Gasteiger partial charge in [0.25, 0.3) is 0 Å². The molecule has 0 heterocycles. The number of nitrogens with one attached hydrogen (secondary N) is 1. The van der Waals surface area contributed by atoms with Gasteiger partial charge < -0.3 is 0 Å². The van der Waals surface area contributed by atoms with Crippen LogP contribution in [0.5, 0.6) is 0 Å². The van der Waals surface area contributed by atoms with Gasteiger partial charge in [0, 0.05) is 20.0 Å². The van der Waals surface area contributed by atoms with E-state index in [1.165, 1.54) is 6.07 Å². The minimum absolute atomic E-state index is 0.158. The highest BCUT2D eigenvalue weighted by Gasteiger charge is 2.17. The Morgan fingerprint density at radius 1 is 1.38 bits per heavy atom. The van der Waals surface area contributed by atoms with Crippen molar-refractivity contribution in [1.82, 2.24) is 4.72 Å². The summed E-state index contributed by atoms with van der Waals surface area (Å²) >= 11 is 9.55. The lowest BCUT2D eigenvalue weighted by Crippen LogP contribution is -2.25. The molecule has 1 aromatic rings. The Bertz CT molecular complexity index is 513. The van der Waals surface area contributed by atoms with Gasteiger partial charge in [-0.2, -0.15) is 0 Å². The van der Waals surface area contributed by atoms with Crippen LogP contribution in [-0.2, 0) is 10.0 Å². The summed E-state index contributed by atoms with van der Waals surface area (Å²) in [6.07, 6.45) is 0. The lowest BCUT2D eigenvalue weighted by atomic mass is 10.4. The average molecular weight is 434 g/mol. The topological polar surface area (TPSA) is 46.2 Å². The number of halogens is 3. The van der Waals surface area contributed by atoms with Gasteiger partial charge in [-0.25, -0.2) is 13.1 Å². The Kier molecular flexibility index (Phi) is 5.18. The number of hydrogen-bond acceptors (Lipinski definition) is 2. The first kappa shape index (κ1) is 14.4. The minimum atomic E-state index is -3.51. The summed E-state index contributed by atoms with van der Waals surface area (Å²) in [5, 5.41) is 0. The van der Waals surface area contributed by atoms with Crippen LogP contribution < -0.4 is 4.72 Å². The van der Waals surface area contributed by atoms with E-state index in [1.54, 1.807) is 12.1 Å². The van der Waals surface area contributed by atoms with E-state index in [1.807, 2.05) is 0 Å². The SMILES string of the molecule is C=C(Br)CNS(=O)(=O)c1ccc(Br)cc1Br. The Balaban J connectivity index is 3.03. The molecule has 0 fully saturated rings. The number of benzene rings is 1. The maximum atomic E-state index is 11.9. The minimum Gasteiger partial charge on any atom is -0.207 e. The Hall–Kier alpha value is 0.310. The normalized spacial score (nSPS) is 11.4. The third-order valence-electron chi connectivity index (χ3n) is 1.64. The van der Waals surface area contributed by atoms with Crippen LogP contribution in [0.2, 0.25) is 0 Å². The first-order chi connectivity index (χ1) is 7.33. The van der Waals surface area contributed by atoms with E-state index < -0.39 is 10.0 Å². The molecule has 3 nitrogen and oxygen atoms in total. The third-order valence-corrected chi connectivity index (χ3v) is 4.79. The Morgan fingerprint density at radius 2 is 2.00 bits per heavy atom. The maximum absolute atomic E-state index is 11.9. The number of hydrogen-bond donors (Lipinski definition) is 1. The predicted molar refractivity (Wildman–Crippen MR) is 75.1 cm³/mol. The highest BCUT2D eigenvalue weighted by molar-refractivity contribution is 9.11. The fraction of sp³-hybridized carbons (Fsp3) is 0.111. The number of rotatable bonds is 4. The lowest BCUT2D eigenvalue weighted by Gasteiger charge is -2.08. The molecule has 0 unspecified atom stereocenters. The van der Waals surface area contributed by atoms with Crippen molar-refractivity contribution in [2.45, 2.75) is 4.90 Å². The molecule has 0 radical (unpaired) electrons. The van der Waals surface area contributed by atoms with Gasteiger partial charge in [-0.05, 0) is 34.1 Å². The van der Waals surface area contributed by atoms with E-state index in [0.717, 1.165) is 4.47 Å². The molecule has 0 aliphatic rings. The Morgan fingerprint density at radius 3 is 2.50 bits per heavy atom. The average Bonchev–Trinajstić information content (AvgIpc) is 2.14. The fourth-order valence-corrected chi connectivity index (χ4v) is 4.04. The van der Waals surface area contributed by atoms with Gasteiger partial charge in [0.15, 0.2) is 0 Å². The van der Waals surface area contributed by atoms with E-state index in [4.69, 9.17) is 0 Å². The van der Waals surface area contributed by atoms with Crippen LogP contribution in [0.1, 0.15) is 0 Å². The van der Waals surface area contributed by atoms with Crippen molar-refractivity contribution in [3.05, 3.63) is 38.2 Å². The monoisotopic (exact) mass is 431 g/mol. The van der Waals surface area contributed by atoms with Crippen LogP contribution in [0.4, 0.5) is 0 Å². The van der Waals surface area contributed by atoms with Crippen LogP contribution in [0.3, 0.4) is 0 Å². The second-order valence-electron chi connectivity index (χ2n) is 2.92. The summed E-state index contributed by atoms with van der Waals surface area (Å²) in [6, 6.07) is 4.87. The van der Waals surface area contributed by atoms with Gasteiger partial charge in [0.05, 0.1) is 4.90 Å². The standard InChI is InChI=1S/C9H8Br3NO2S/c1-6(10)5-13-16(14,15)9-3-2-7(11)4-8(9)12/h2-4,13H,1,5H2. The predicted octanol–water partition coefficient (Wildman–Crippen LogP) is 3.40. The summed E-state index contributed by atoms with van der Waals surface area (Å²) in [5.41, 5.74) is 0. The molecule has 0 spiro atoms. The number of sulfonamides is 1. The first-order valence-electron chi connectivity index (χ1n) is 4.11. The molecule has 0 saturated carbocycles. The van der Waals surface area contributed by atoms with E-state index >= 15 is 0 Å². The summed E-state index contributed by atoms with van der Waals surface area (Å²) in [7, 11) is -3.51. The van der Waals surface area contributed by atoms with E-state index in [9.17, 15) is 8.42 Å². The van der Waals surface area contributed by atoms with Gasteiger partial charge in [0.2, 0.25) is 10.0 Å². The van der Waals surface area contributed by atoms with Gasteiger partial charge in [0.1, 0.15) is 0 Å². The highest BCUT2D eigenvalue weighted by atomic mass is 79.9. The Labute approximate surface area is 120 Å².